The van der Waals surface area contributed by atoms with Crippen molar-refractivity contribution in [3.05, 3.63) is 23.5 Å². The topological polar surface area (TPSA) is 88.9 Å². The predicted molar refractivity (Wildman–Crippen MR) is 68.2 cm³/mol. The molecule has 5 heteroatoms. The SMILES string of the molecule is N#Cc1cc(C(=O)NC2C3CCC(C3)C2CO)c[nH]1. The summed E-state index contributed by atoms with van der Waals surface area (Å²) in [6, 6.07) is 3.60. The van der Waals surface area contributed by atoms with Crippen molar-refractivity contribution in [3.8, 4) is 6.07 Å². The Kier molecular flexibility index (Phi) is 3.03. The van der Waals surface area contributed by atoms with Gasteiger partial charge in [-0.25, -0.2) is 0 Å². The highest BCUT2D eigenvalue weighted by Crippen LogP contribution is 2.48. The Balaban J connectivity index is 1.71. The van der Waals surface area contributed by atoms with Crippen LogP contribution in [0.2, 0.25) is 0 Å². The fraction of sp³-hybridized carbons (Fsp3) is 0.571. The van der Waals surface area contributed by atoms with Gasteiger partial charge in [-0.1, -0.05) is 0 Å². The van der Waals surface area contributed by atoms with E-state index in [1.165, 1.54) is 6.42 Å². The third-order valence-corrected chi connectivity index (χ3v) is 4.66. The van der Waals surface area contributed by atoms with Crippen LogP contribution in [0.5, 0.6) is 0 Å². The van der Waals surface area contributed by atoms with Gasteiger partial charge in [-0.05, 0) is 37.2 Å². The molecule has 1 amide bonds. The van der Waals surface area contributed by atoms with E-state index in [4.69, 9.17) is 5.26 Å². The van der Waals surface area contributed by atoms with Crippen LogP contribution in [0.3, 0.4) is 0 Å². The number of nitrogens with zero attached hydrogens (tertiary/aromatic N) is 1. The summed E-state index contributed by atoms with van der Waals surface area (Å²) in [6.07, 6.45) is 4.98. The van der Waals surface area contributed by atoms with Crippen molar-refractivity contribution < 1.29 is 9.90 Å². The zero-order valence-corrected chi connectivity index (χ0v) is 10.6. The Morgan fingerprint density at radius 1 is 1.53 bits per heavy atom. The Morgan fingerprint density at radius 3 is 3.00 bits per heavy atom. The highest BCUT2D eigenvalue weighted by Gasteiger charge is 2.47. The molecule has 1 aromatic heterocycles. The largest absolute Gasteiger partial charge is 0.396 e. The van der Waals surface area contributed by atoms with Crippen molar-refractivity contribution >= 4 is 5.91 Å². The maximum atomic E-state index is 12.1. The van der Waals surface area contributed by atoms with Gasteiger partial charge in [-0.2, -0.15) is 5.26 Å². The third kappa shape index (κ3) is 2.02. The maximum Gasteiger partial charge on any atom is 0.253 e. The normalized spacial score (nSPS) is 32.2. The number of aromatic nitrogens is 1. The molecular formula is C14H17N3O2. The minimum absolute atomic E-state index is 0.0803. The Morgan fingerprint density at radius 2 is 2.32 bits per heavy atom. The molecule has 0 spiro atoms. The molecule has 0 saturated heterocycles. The van der Waals surface area contributed by atoms with Gasteiger partial charge in [0.2, 0.25) is 0 Å². The second-order valence-corrected chi connectivity index (χ2v) is 5.59. The number of nitriles is 1. The second kappa shape index (κ2) is 4.71. The van der Waals surface area contributed by atoms with Gasteiger partial charge in [0.05, 0.1) is 5.56 Å². The number of aliphatic hydroxyl groups excluding tert-OH is 1. The molecule has 2 aliphatic rings. The molecule has 100 valence electrons. The summed E-state index contributed by atoms with van der Waals surface area (Å²) in [7, 11) is 0. The fourth-order valence-corrected chi connectivity index (χ4v) is 3.72. The smallest absolute Gasteiger partial charge is 0.253 e. The molecule has 2 fully saturated rings. The summed E-state index contributed by atoms with van der Waals surface area (Å²) in [5, 5.41) is 21.3. The lowest BCUT2D eigenvalue weighted by atomic mass is 9.85. The highest BCUT2D eigenvalue weighted by molar-refractivity contribution is 5.94. The molecule has 4 atom stereocenters. The number of carbonyl (C=O) groups is 1. The van der Waals surface area contributed by atoms with Crippen molar-refractivity contribution in [2.45, 2.75) is 25.3 Å². The van der Waals surface area contributed by atoms with Crippen LogP contribution in [0.25, 0.3) is 0 Å². The average molecular weight is 259 g/mol. The van der Waals surface area contributed by atoms with Crippen LogP contribution in [0.15, 0.2) is 12.3 Å². The Bertz CT molecular complexity index is 531. The van der Waals surface area contributed by atoms with Crippen LogP contribution in [0.4, 0.5) is 0 Å². The lowest BCUT2D eigenvalue weighted by Gasteiger charge is -2.30. The molecule has 0 aromatic carbocycles. The van der Waals surface area contributed by atoms with Gasteiger partial charge in [-0.3, -0.25) is 4.79 Å². The van der Waals surface area contributed by atoms with Crippen LogP contribution in [-0.2, 0) is 0 Å². The van der Waals surface area contributed by atoms with Crippen LogP contribution < -0.4 is 5.32 Å². The third-order valence-electron chi connectivity index (χ3n) is 4.66. The summed E-state index contributed by atoms with van der Waals surface area (Å²) >= 11 is 0. The molecule has 4 unspecified atom stereocenters. The van der Waals surface area contributed by atoms with E-state index in [1.807, 2.05) is 6.07 Å². The lowest BCUT2D eigenvalue weighted by molar-refractivity contribution is 0.0861. The van der Waals surface area contributed by atoms with Crippen LogP contribution >= 0.6 is 0 Å². The number of fused-ring (bicyclic) bond motifs is 2. The van der Waals surface area contributed by atoms with Crippen molar-refractivity contribution in [2.75, 3.05) is 6.61 Å². The Labute approximate surface area is 111 Å². The first-order valence-corrected chi connectivity index (χ1v) is 6.73. The van der Waals surface area contributed by atoms with Gasteiger partial charge in [-0.15, -0.1) is 0 Å². The molecule has 5 nitrogen and oxygen atoms in total. The number of aliphatic hydroxyl groups is 1. The van der Waals surface area contributed by atoms with Gasteiger partial charge >= 0.3 is 0 Å². The molecule has 3 N–H and O–H groups in total. The fourth-order valence-electron chi connectivity index (χ4n) is 3.72. The van der Waals surface area contributed by atoms with E-state index in [9.17, 15) is 9.90 Å². The second-order valence-electron chi connectivity index (χ2n) is 5.59. The number of nitrogens with one attached hydrogen (secondary N) is 2. The van der Waals surface area contributed by atoms with Crippen LogP contribution in [-0.4, -0.2) is 28.6 Å². The minimum atomic E-state index is -0.159. The van der Waals surface area contributed by atoms with E-state index < -0.39 is 0 Å². The molecular weight excluding hydrogens is 242 g/mol. The monoisotopic (exact) mass is 259 g/mol. The minimum Gasteiger partial charge on any atom is -0.396 e. The van der Waals surface area contributed by atoms with Crippen molar-refractivity contribution in [2.24, 2.45) is 17.8 Å². The molecule has 1 aromatic rings. The number of amides is 1. The Hall–Kier alpha value is -1.80. The molecule has 2 bridgehead atoms. The number of aromatic amines is 1. The summed E-state index contributed by atoms with van der Waals surface area (Å²) in [5.41, 5.74) is 0.868. The first kappa shape index (κ1) is 12.2. The number of rotatable bonds is 3. The number of H-pyrrole nitrogens is 1. The summed E-state index contributed by atoms with van der Waals surface area (Å²) in [6.45, 7) is 0.142. The molecule has 2 saturated carbocycles. The summed E-state index contributed by atoms with van der Waals surface area (Å²) in [5.74, 6) is 1.09. The quantitative estimate of drug-likeness (QED) is 0.757. The van der Waals surface area contributed by atoms with E-state index in [0.29, 0.717) is 23.1 Å². The first-order chi connectivity index (χ1) is 9.22. The van der Waals surface area contributed by atoms with E-state index in [2.05, 4.69) is 10.3 Å². The van der Waals surface area contributed by atoms with Crippen LogP contribution in [0.1, 0.15) is 35.3 Å². The van der Waals surface area contributed by atoms with E-state index >= 15 is 0 Å². The lowest BCUT2D eigenvalue weighted by Crippen LogP contribution is -2.45. The number of carbonyl (C=O) groups excluding carboxylic acids is 1. The van der Waals surface area contributed by atoms with Gasteiger partial charge in [0.15, 0.2) is 0 Å². The zero-order valence-electron chi connectivity index (χ0n) is 10.6. The van der Waals surface area contributed by atoms with E-state index in [1.54, 1.807) is 12.3 Å². The van der Waals surface area contributed by atoms with E-state index in [-0.39, 0.29) is 24.5 Å². The summed E-state index contributed by atoms with van der Waals surface area (Å²) in [4.78, 5) is 14.9. The first-order valence-electron chi connectivity index (χ1n) is 6.73. The average Bonchev–Trinajstić information content (AvgIpc) is 3.13. The van der Waals surface area contributed by atoms with E-state index in [0.717, 1.165) is 12.8 Å². The van der Waals surface area contributed by atoms with Crippen molar-refractivity contribution in [3.63, 3.8) is 0 Å². The standard InChI is InChI=1S/C14H17N3O2/c15-5-11-4-10(6-16-11)14(19)17-13-9-2-1-8(3-9)12(13)7-18/h4,6,8-9,12-13,16,18H,1-3,7H2,(H,17,19). The predicted octanol–water partition coefficient (Wildman–Crippen LogP) is 1.02. The molecule has 1 heterocycles. The molecule has 0 radical (unpaired) electrons. The number of hydrogen-bond acceptors (Lipinski definition) is 3. The molecule has 0 aliphatic heterocycles. The highest BCUT2D eigenvalue weighted by atomic mass is 16.3. The zero-order chi connectivity index (χ0) is 13.4. The van der Waals surface area contributed by atoms with Gasteiger partial charge in [0.1, 0.15) is 11.8 Å². The van der Waals surface area contributed by atoms with Crippen molar-refractivity contribution in [1.82, 2.24) is 10.3 Å². The molecule has 3 rings (SSSR count). The van der Waals surface area contributed by atoms with Gasteiger partial charge in [0, 0.05) is 24.8 Å². The van der Waals surface area contributed by atoms with Crippen molar-refractivity contribution in [1.29, 1.82) is 5.26 Å². The van der Waals surface area contributed by atoms with Crippen LogP contribution in [0, 0.1) is 29.1 Å². The molecule has 2 aliphatic carbocycles. The number of hydrogen-bond donors (Lipinski definition) is 3. The van der Waals surface area contributed by atoms with Gasteiger partial charge in [0.25, 0.3) is 5.91 Å². The molecule has 19 heavy (non-hydrogen) atoms. The maximum absolute atomic E-state index is 12.1. The van der Waals surface area contributed by atoms with Gasteiger partial charge < -0.3 is 15.4 Å². The summed E-state index contributed by atoms with van der Waals surface area (Å²) < 4.78 is 0.